The summed E-state index contributed by atoms with van der Waals surface area (Å²) in [5.41, 5.74) is 5.46. The molecule has 0 aliphatic heterocycles. The number of hydrogen-bond donors (Lipinski definition) is 0. The average molecular weight is 422 g/mol. The Labute approximate surface area is 181 Å². The number of nitrogens with zero attached hydrogens (tertiary/aromatic N) is 3. The third-order valence-electron chi connectivity index (χ3n) is 5.48. The lowest BCUT2D eigenvalue weighted by atomic mass is 9.83. The van der Waals surface area contributed by atoms with Crippen molar-refractivity contribution in [1.82, 2.24) is 15.0 Å². The normalized spacial score (nSPS) is 16.1. The van der Waals surface area contributed by atoms with Crippen molar-refractivity contribution < 1.29 is 9.47 Å². The minimum atomic E-state index is 0.258. The Morgan fingerprint density at radius 1 is 1.03 bits per heavy atom. The van der Waals surface area contributed by atoms with Crippen LogP contribution in [0.1, 0.15) is 47.6 Å². The van der Waals surface area contributed by atoms with E-state index >= 15 is 0 Å². The molecule has 1 aromatic carbocycles. The minimum absolute atomic E-state index is 0.258. The first-order chi connectivity index (χ1) is 14.7. The van der Waals surface area contributed by atoms with Gasteiger partial charge in [-0.3, -0.25) is 0 Å². The standard InChI is InChI=1S/C24H24ClN3O2/c1-29-23-20(15-16-7-4-3-5-8-16)21(27-24(28-23)30-2)18-12-10-17(11-13-18)19-9-6-14-26-22(19)25/h3-10,14,18H,11-13,15H2,1-2H3. The van der Waals surface area contributed by atoms with Crippen molar-refractivity contribution in [3.8, 4) is 11.9 Å². The van der Waals surface area contributed by atoms with Crippen LogP contribution >= 0.6 is 11.6 Å². The molecule has 2 aromatic heterocycles. The Kier molecular flexibility index (Phi) is 6.29. The second-order valence-electron chi connectivity index (χ2n) is 7.29. The van der Waals surface area contributed by atoms with Crippen molar-refractivity contribution in [2.24, 2.45) is 0 Å². The van der Waals surface area contributed by atoms with Crippen LogP contribution in [0.2, 0.25) is 5.15 Å². The lowest BCUT2D eigenvalue weighted by Gasteiger charge is -2.25. The molecular formula is C24H24ClN3O2. The second kappa shape index (κ2) is 9.26. The quantitative estimate of drug-likeness (QED) is 0.493. The molecule has 0 bridgehead atoms. The summed E-state index contributed by atoms with van der Waals surface area (Å²) in [6.45, 7) is 0. The molecule has 0 saturated heterocycles. The summed E-state index contributed by atoms with van der Waals surface area (Å²) in [4.78, 5) is 13.4. The Balaban J connectivity index is 1.68. The van der Waals surface area contributed by atoms with Gasteiger partial charge in [-0.15, -0.1) is 0 Å². The van der Waals surface area contributed by atoms with Gasteiger partial charge < -0.3 is 9.47 Å². The van der Waals surface area contributed by atoms with Crippen molar-refractivity contribution in [2.75, 3.05) is 14.2 Å². The van der Waals surface area contributed by atoms with Crippen molar-refractivity contribution in [3.05, 3.63) is 82.3 Å². The van der Waals surface area contributed by atoms with E-state index in [4.69, 9.17) is 26.1 Å². The molecule has 0 N–H and O–H groups in total. The van der Waals surface area contributed by atoms with Gasteiger partial charge in [-0.25, -0.2) is 4.98 Å². The summed E-state index contributed by atoms with van der Waals surface area (Å²) in [6, 6.07) is 14.6. The van der Waals surface area contributed by atoms with Crippen LogP contribution in [0.25, 0.3) is 5.57 Å². The van der Waals surface area contributed by atoms with E-state index in [0.29, 0.717) is 23.5 Å². The Bertz CT molecular complexity index is 1050. The minimum Gasteiger partial charge on any atom is -0.481 e. The fourth-order valence-corrected chi connectivity index (χ4v) is 4.22. The first-order valence-corrected chi connectivity index (χ1v) is 10.4. The molecule has 1 unspecified atom stereocenters. The molecule has 4 rings (SSSR count). The van der Waals surface area contributed by atoms with Crippen LogP contribution in [0.4, 0.5) is 0 Å². The number of ether oxygens (including phenoxy) is 2. The van der Waals surface area contributed by atoms with Crippen LogP contribution in [0.5, 0.6) is 11.9 Å². The number of benzene rings is 1. The maximum Gasteiger partial charge on any atom is 0.319 e. The number of allylic oxidation sites excluding steroid dienone is 2. The van der Waals surface area contributed by atoms with E-state index in [-0.39, 0.29) is 5.92 Å². The molecule has 1 aliphatic carbocycles. The van der Waals surface area contributed by atoms with Gasteiger partial charge in [0.25, 0.3) is 0 Å². The number of hydrogen-bond acceptors (Lipinski definition) is 5. The molecule has 0 saturated carbocycles. The summed E-state index contributed by atoms with van der Waals surface area (Å²) in [6.07, 6.45) is 7.42. The van der Waals surface area contributed by atoms with Gasteiger partial charge in [-0.05, 0) is 36.5 Å². The third kappa shape index (κ3) is 4.31. The van der Waals surface area contributed by atoms with E-state index < -0.39 is 0 Å². The first-order valence-electron chi connectivity index (χ1n) is 10.0. The van der Waals surface area contributed by atoms with Crippen LogP contribution in [-0.2, 0) is 6.42 Å². The summed E-state index contributed by atoms with van der Waals surface area (Å²) < 4.78 is 11.0. The van der Waals surface area contributed by atoms with Gasteiger partial charge in [0.1, 0.15) is 5.15 Å². The fourth-order valence-electron chi connectivity index (χ4n) is 3.98. The first kappa shape index (κ1) is 20.4. The van der Waals surface area contributed by atoms with E-state index in [9.17, 15) is 0 Å². The van der Waals surface area contributed by atoms with Crippen molar-refractivity contribution in [2.45, 2.75) is 31.6 Å². The Hall–Kier alpha value is -2.92. The molecule has 5 nitrogen and oxygen atoms in total. The molecular weight excluding hydrogens is 398 g/mol. The molecule has 30 heavy (non-hydrogen) atoms. The molecule has 1 aliphatic rings. The Morgan fingerprint density at radius 3 is 2.53 bits per heavy atom. The smallest absolute Gasteiger partial charge is 0.319 e. The van der Waals surface area contributed by atoms with E-state index in [1.807, 2.05) is 30.3 Å². The zero-order valence-electron chi connectivity index (χ0n) is 17.1. The maximum atomic E-state index is 6.30. The highest BCUT2D eigenvalue weighted by atomic mass is 35.5. The SMILES string of the molecule is COc1nc(OC)c(Cc2ccccc2)c(C2CC=C(c3cccnc3Cl)CC2)n1. The van der Waals surface area contributed by atoms with E-state index in [1.54, 1.807) is 20.4 Å². The molecule has 154 valence electrons. The Morgan fingerprint density at radius 2 is 1.87 bits per heavy atom. The van der Waals surface area contributed by atoms with E-state index in [1.165, 1.54) is 11.1 Å². The lowest BCUT2D eigenvalue weighted by Crippen LogP contribution is -2.13. The largest absolute Gasteiger partial charge is 0.481 e. The molecule has 2 heterocycles. The number of halogens is 1. The van der Waals surface area contributed by atoms with Crippen LogP contribution in [-0.4, -0.2) is 29.2 Å². The monoisotopic (exact) mass is 421 g/mol. The third-order valence-corrected chi connectivity index (χ3v) is 5.78. The number of methoxy groups -OCH3 is 2. The number of rotatable bonds is 6. The summed E-state index contributed by atoms with van der Waals surface area (Å²) in [5.74, 6) is 0.833. The fraction of sp³-hybridized carbons (Fsp3) is 0.292. The van der Waals surface area contributed by atoms with Gasteiger partial charge in [0.05, 0.1) is 19.9 Å². The van der Waals surface area contributed by atoms with Gasteiger partial charge in [-0.2, -0.15) is 9.97 Å². The summed E-state index contributed by atoms with van der Waals surface area (Å²) in [5, 5.41) is 0.553. The lowest BCUT2D eigenvalue weighted by molar-refractivity contribution is 0.344. The molecule has 0 spiro atoms. The topological polar surface area (TPSA) is 57.1 Å². The molecule has 0 fully saturated rings. The number of pyridine rings is 1. The average Bonchev–Trinajstić information content (AvgIpc) is 2.80. The molecule has 3 aromatic rings. The van der Waals surface area contributed by atoms with Crippen LogP contribution in [0.3, 0.4) is 0 Å². The van der Waals surface area contributed by atoms with Crippen molar-refractivity contribution >= 4 is 17.2 Å². The zero-order valence-corrected chi connectivity index (χ0v) is 17.9. The maximum absolute atomic E-state index is 6.30. The van der Waals surface area contributed by atoms with Crippen LogP contribution in [0, 0.1) is 0 Å². The molecule has 0 amide bonds. The van der Waals surface area contributed by atoms with Crippen molar-refractivity contribution in [3.63, 3.8) is 0 Å². The highest BCUT2D eigenvalue weighted by molar-refractivity contribution is 6.31. The van der Waals surface area contributed by atoms with Gasteiger partial charge in [-0.1, -0.05) is 54.1 Å². The molecule has 1 atom stereocenters. The van der Waals surface area contributed by atoms with E-state index in [2.05, 4.69) is 28.2 Å². The summed E-state index contributed by atoms with van der Waals surface area (Å²) in [7, 11) is 3.22. The van der Waals surface area contributed by atoms with Gasteiger partial charge >= 0.3 is 6.01 Å². The molecule has 6 heteroatoms. The predicted octanol–water partition coefficient (Wildman–Crippen LogP) is 5.48. The van der Waals surface area contributed by atoms with Crippen LogP contribution in [0.15, 0.2) is 54.7 Å². The highest BCUT2D eigenvalue weighted by Crippen LogP contribution is 2.40. The van der Waals surface area contributed by atoms with Gasteiger partial charge in [0.15, 0.2) is 0 Å². The second-order valence-corrected chi connectivity index (χ2v) is 7.65. The summed E-state index contributed by atoms with van der Waals surface area (Å²) >= 11 is 6.30. The van der Waals surface area contributed by atoms with Gasteiger partial charge in [0, 0.05) is 29.7 Å². The number of aromatic nitrogens is 3. The zero-order chi connectivity index (χ0) is 20.9. The van der Waals surface area contributed by atoms with Crippen LogP contribution < -0.4 is 9.47 Å². The predicted molar refractivity (Wildman–Crippen MR) is 118 cm³/mol. The van der Waals surface area contributed by atoms with Crippen molar-refractivity contribution in [1.29, 1.82) is 0 Å². The molecule has 0 radical (unpaired) electrons. The van der Waals surface area contributed by atoms with Gasteiger partial charge in [0.2, 0.25) is 5.88 Å². The highest BCUT2D eigenvalue weighted by Gasteiger charge is 2.26. The van der Waals surface area contributed by atoms with E-state index in [0.717, 1.165) is 36.1 Å².